The number of nitrogens with zero attached hydrogens (tertiary/aromatic N) is 3. The highest BCUT2D eigenvalue weighted by Crippen LogP contribution is 2.45. The molecule has 1 aliphatic carbocycles. The van der Waals surface area contributed by atoms with E-state index in [1.54, 1.807) is 7.11 Å². The van der Waals surface area contributed by atoms with Crippen molar-refractivity contribution in [1.29, 1.82) is 0 Å². The van der Waals surface area contributed by atoms with Crippen molar-refractivity contribution >= 4 is 5.96 Å². The van der Waals surface area contributed by atoms with E-state index in [0.29, 0.717) is 5.41 Å². The van der Waals surface area contributed by atoms with Crippen molar-refractivity contribution < 1.29 is 4.74 Å². The maximum atomic E-state index is 5.40. The summed E-state index contributed by atoms with van der Waals surface area (Å²) < 4.78 is 5.40. The lowest BCUT2D eigenvalue weighted by Crippen LogP contribution is -2.44. The number of guanidine groups is 1. The van der Waals surface area contributed by atoms with Crippen molar-refractivity contribution in [3.8, 4) is 5.75 Å². The minimum absolute atomic E-state index is 0.268. The van der Waals surface area contributed by atoms with E-state index in [1.165, 1.54) is 44.2 Å². The largest absolute Gasteiger partial charge is 0.497 e. The van der Waals surface area contributed by atoms with Crippen LogP contribution in [0.3, 0.4) is 0 Å². The normalized spacial score (nSPS) is 20.8. The number of aliphatic imine (C=N–C) groups is 1. The number of ether oxygens (including phenoxy) is 1. The highest BCUT2D eigenvalue weighted by Gasteiger charge is 2.41. The van der Waals surface area contributed by atoms with E-state index >= 15 is 0 Å². The second kappa shape index (κ2) is 8.30. The van der Waals surface area contributed by atoms with Crippen molar-refractivity contribution in [3.05, 3.63) is 29.8 Å². The maximum absolute atomic E-state index is 5.40. The zero-order chi connectivity index (χ0) is 18.6. The molecule has 2 fully saturated rings. The van der Waals surface area contributed by atoms with E-state index in [9.17, 15) is 0 Å². The molecule has 5 heteroatoms. The van der Waals surface area contributed by atoms with Crippen LogP contribution in [0, 0.1) is 5.41 Å². The minimum atomic E-state index is 0.268. The predicted octanol–water partition coefficient (Wildman–Crippen LogP) is 3.14. The Morgan fingerprint density at radius 3 is 2.73 bits per heavy atom. The standard InChI is InChI=1S/C21H34N4O/c1-22-20(25-13-12-21(16-25)10-5-6-11-21)23-15-19(24(2)3)17-8-7-9-18(14-17)26-4/h7-9,14,19H,5-6,10-13,15-16H2,1-4H3,(H,22,23). The van der Waals surface area contributed by atoms with Gasteiger partial charge in [0.1, 0.15) is 5.75 Å². The fourth-order valence-corrected chi connectivity index (χ4v) is 4.62. The molecule has 1 heterocycles. The first-order chi connectivity index (χ1) is 12.6. The van der Waals surface area contributed by atoms with Crippen LogP contribution >= 0.6 is 0 Å². The Morgan fingerprint density at radius 1 is 1.31 bits per heavy atom. The molecule has 0 bridgehead atoms. The summed E-state index contributed by atoms with van der Waals surface area (Å²) in [5.74, 6) is 1.95. The molecule has 1 saturated heterocycles. The summed E-state index contributed by atoms with van der Waals surface area (Å²) in [6.45, 7) is 3.13. The predicted molar refractivity (Wildman–Crippen MR) is 108 cm³/mol. The fraction of sp³-hybridized carbons (Fsp3) is 0.667. The van der Waals surface area contributed by atoms with Gasteiger partial charge in [0.05, 0.1) is 13.2 Å². The Hall–Kier alpha value is -1.75. The summed E-state index contributed by atoms with van der Waals surface area (Å²) in [4.78, 5) is 9.28. The first-order valence-corrected chi connectivity index (χ1v) is 9.83. The quantitative estimate of drug-likeness (QED) is 0.648. The smallest absolute Gasteiger partial charge is 0.193 e. The number of benzene rings is 1. The minimum Gasteiger partial charge on any atom is -0.497 e. The first kappa shape index (κ1) is 19.0. The topological polar surface area (TPSA) is 40.1 Å². The van der Waals surface area contributed by atoms with Crippen LogP contribution in [-0.4, -0.2) is 63.6 Å². The van der Waals surface area contributed by atoms with Crippen molar-refractivity contribution in [1.82, 2.24) is 15.1 Å². The summed E-state index contributed by atoms with van der Waals surface area (Å²) in [7, 11) is 7.87. The number of hydrogen-bond donors (Lipinski definition) is 1. The van der Waals surface area contributed by atoms with Crippen LogP contribution in [0.4, 0.5) is 0 Å². The van der Waals surface area contributed by atoms with Gasteiger partial charge in [0.2, 0.25) is 0 Å². The van der Waals surface area contributed by atoms with Crippen LogP contribution in [0.25, 0.3) is 0 Å². The Balaban J connectivity index is 1.64. The number of rotatable bonds is 5. The Kier molecular flexibility index (Phi) is 6.07. The summed E-state index contributed by atoms with van der Waals surface area (Å²) in [5, 5.41) is 3.63. The molecule has 1 N–H and O–H groups in total. The lowest BCUT2D eigenvalue weighted by molar-refractivity contribution is 0.289. The molecule has 1 atom stereocenters. The van der Waals surface area contributed by atoms with Crippen LogP contribution in [0.1, 0.15) is 43.7 Å². The fourth-order valence-electron chi connectivity index (χ4n) is 4.62. The first-order valence-electron chi connectivity index (χ1n) is 9.83. The molecular weight excluding hydrogens is 324 g/mol. The molecule has 1 aromatic carbocycles. The van der Waals surface area contributed by atoms with Crippen molar-refractivity contribution in [2.24, 2.45) is 10.4 Å². The zero-order valence-electron chi connectivity index (χ0n) is 16.8. The molecule has 5 nitrogen and oxygen atoms in total. The van der Waals surface area contributed by atoms with Crippen molar-refractivity contribution in [2.45, 2.75) is 38.1 Å². The maximum Gasteiger partial charge on any atom is 0.193 e. The summed E-state index contributed by atoms with van der Waals surface area (Å²) in [6, 6.07) is 8.61. The van der Waals surface area contributed by atoms with Crippen molar-refractivity contribution in [2.75, 3.05) is 47.9 Å². The van der Waals surface area contributed by atoms with Crippen LogP contribution in [0.5, 0.6) is 5.75 Å². The second-order valence-corrected chi connectivity index (χ2v) is 8.06. The number of likely N-dealkylation sites (N-methyl/N-ethyl adjacent to an activating group) is 1. The van der Waals surface area contributed by atoms with E-state index in [2.05, 4.69) is 52.4 Å². The highest BCUT2D eigenvalue weighted by molar-refractivity contribution is 5.80. The molecule has 2 aliphatic rings. The van der Waals surface area contributed by atoms with Crippen LogP contribution in [-0.2, 0) is 0 Å². The van der Waals surface area contributed by atoms with Gasteiger partial charge in [0, 0.05) is 26.7 Å². The van der Waals surface area contributed by atoms with E-state index < -0.39 is 0 Å². The molecule has 0 radical (unpaired) electrons. The molecule has 1 aliphatic heterocycles. The van der Waals surface area contributed by atoms with Gasteiger partial charge >= 0.3 is 0 Å². The molecule has 1 aromatic rings. The molecule has 1 unspecified atom stereocenters. The summed E-state index contributed by atoms with van der Waals surface area (Å²) >= 11 is 0. The van der Waals surface area contributed by atoms with Gasteiger partial charge in [-0.1, -0.05) is 25.0 Å². The van der Waals surface area contributed by atoms with E-state index in [4.69, 9.17) is 4.74 Å². The number of methoxy groups -OCH3 is 1. The lowest BCUT2D eigenvalue weighted by Gasteiger charge is -2.29. The Bertz CT molecular complexity index is 622. The molecular formula is C21H34N4O. The molecule has 0 amide bonds. The molecule has 26 heavy (non-hydrogen) atoms. The van der Waals surface area contributed by atoms with Gasteiger partial charge in [-0.3, -0.25) is 4.99 Å². The van der Waals surface area contributed by atoms with Crippen LogP contribution in [0.15, 0.2) is 29.3 Å². The molecule has 144 valence electrons. The SMILES string of the molecule is CN=C(NCC(c1cccc(OC)c1)N(C)C)N1CCC2(CCCC2)C1. The van der Waals surface area contributed by atoms with Gasteiger partial charge in [0.25, 0.3) is 0 Å². The van der Waals surface area contributed by atoms with Gasteiger partial charge in [-0.25, -0.2) is 0 Å². The van der Waals surface area contributed by atoms with Gasteiger partial charge in [0.15, 0.2) is 5.96 Å². The number of hydrogen-bond acceptors (Lipinski definition) is 3. The molecule has 0 aromatic heterocycles. The van der Waals surface area contributed by atoms with Gasteiger partial charge < -0.3 is 19.9 Å². The van der Waals surface area contributed by atoms with E-state index in [0.717, 1.165) is 24.8 Å². The third-order valence-corrected chi connectivity index (χ3v) is 6.17. The average Bonchev–Trinajstić information content (AvgIpc) is 3.28. The van der Waals surface area contributed by atoms with Crippen LogP contribution in [0.2, 0.25) is 0 Å². The molecule has 3 rings (SSSR count). The summed E-state index contributed by atoms with van der Waals surface area (Å²) in [5.41, 5.74) is 1.82. The Labute approximate surface area is 158 Å². The van der Waals surface area contributed by atoms with E-state index in [1.807, 2.05) is 13.1 Å². The van der Waals surface area contributed by atoms with Gasteiger partial charge in [-0.2, -0.15) is 0 Å². The summed E-state index contributed by atoms with van der Waals surface area (Å²) in [6.07, 6.45) is 6.91. The third kappa shape index (κ3) is 4.14. The van der Waals surface area contributed by atoms with Crippen LogP contribution < -0.4 is 10.1 Å². The van der Waals surface area contributed by atoms with Gasteiger partial charge in [-0.15, -0.1) is 0 Å². The van der Waals surface area contributed by atoms with Crippen molar-refractivity contribution in [3.63, 3.8) is 0 Å². The number of nitrogens with one attached hydrogen (secondary N) is 1. The van der Waals surface area contributed by atoms with E-state index in [-0.39, 0.29) is 6.04 Å². The second-order valence-electron chi connectivity index (χ2n) is 8.06. The lowest BCUT2D eigenvalue weighted by atomic mass is 9.86. The van der Waals surface area contributed by atoms with Gasteiger partial charge in [-0.05, 0) is 56.5 Å². The number of likely N-dealkylation sites (tertiary alicyclic amines) is 1. The highest BCUT2D eigenvalue weighted by atomic mass is 16.5. The molecule has 1 saturated carbocycles. The third-order valence-electron chi connectivity index (χ3n) is 6.17. The monoisotopic (exact) mass is 358 g/mol. The zero-order valence-corrected chi connectivity index (χ0v) is 16.8. The Morgan fingerprint density at radius 2 is 2.08 bits per heavy atom. The molecule has 1 spiro atoms. The average molecular weight is 359 g/mol.